The lowest BCUT2D eigenvalue weighted by molar-refractivity contribution is 0.385. The van der Waals surface area contributed by atoms with Crippen molar-refractivity contribution in [1.29, 1.82) is 0 Å². The lowest BCUT2D eigenvalue weighted by atomic mass is 10.5. The van der Waals surface area contributed by atoms with Crippen LogP contribution in [0.4, 0.5) is 4.39 Å². The molecule has 0 aliphatic rings. The molecular formula is C6H7FN2O3S. The standard InChI is InChI=1S/C6H7FN2O3S/c1-12-6-3-4(13(8,10)11)2-5(7)9-6/h2-3H,1H3,(H2,8,10,11). The van der Waals surface area contributed by atoms with Crippen molar-refractivity contribution in [3.05, 3.63) is 18.1 Å². The van der Waals surface area contributed by atoms with Crippen molar-refractivity contribution >= 4 is 10.0 Å². The van der Waals surface area contributed by atoms with Crippen molar-refractivity contribution in [2.45, 2.75) is 4.90 Å². The predicted molar refractivity (Wildman–Crippen MR) is 42.1 cm³/mol. The van der Waals surface area contributed by atoms with Crippen LogP contribution in [0.15, 0.2) is 17.0 Å². The molecule has 1 aromatic rings. The molecule has 0 aromatic carbocycles. The summed E-state index contributed by atoms with van der Waals surface area (Å²) in [5, 5.41) is 4.77. The minimum absolute atomic E-state index is 0.135. The first kappa shape index (κ1) is 9.87. The third kappa shape index (κ3) is 2.36. The van der Waals surface area contributed by atoms with E-state index in [0.717, 1.165) is 12.1 Å². The second-order valence-electron chi connectivity index (χ2n) is 2.21. The highest BCUT2D eigenvalue weighted by atomic mass is 32.2. The first-order valence-electron chi connectivity index (χ1n) is 3.18. The molecule has 0 aliphatic carbocycles. The minimum atomic E-state index is -3.92. The molecule has 2 N–H and O–H groups in total. The van der Waals surface area contributed by atoms with Crippen LogP contribution in [-0.2, 0) is 10.0 Å². The summed E-state index contributed by atoms with van der Waals surface area (Å²) in [6.45, 7) is 0. The average molecular weight is 206 g/mol. The fraction of sp³-hybridized carbons (Fsp3) is 0.167. The number of halogens is 1. The Morgan fingerprint density at radius 2 is 2.15 bits per heavy atom. The van der Waals surface area contributed by atoms with Gasteiger partial charge in [0.05, 0.1) is 12.0 Å². The monoisotopic (exact) mass is 206 g/mol. The van der Waals surface area contributed by atoms with Crippen LogP contribution in [0.5, 0.6) is 5.88 Å². The second-order valence-corrected chi connectivity index (χ2v) is 3.77. The van der Waals surface area contributed by atoms with E-state index in [4.69, 9.17) is 5.14 Å². The van der Waals surface area contributed by atoms with E-state index in [0.29, 0.717) is 0 Å². The Morgan fingerprint density at radius 1 is 1.54 bits per heavy atom. The van der Waals surface area contributed by atoms with Crippen molar-refractivity contribution in [2.75, 3.05) is 7.11 Å². The van der Waals surface area contributed by atoms with E-state index in [1.165, 1.54) is 7.11 Å². The van der Waals surface area contributed by atoms with Gasteiger partial charge in [0, 0.05) is 12.1 Å². The Bertz CT molecular complexity index is 418. The molecule has 0 amide bonds. The van der Waals surface area contributed by atoms with E-state index in [1.807, 2.05) is 0 Å². The highest BCUT2D eigenvalue weighted by Gasteiger charge is 2.11. The molecule has 0 saturated heterocycles. The number of nitrogens with two attached hydrogens (primary N) is 1. The van der Waals surface area contributed by atoms with Gasteiger partial charge in [0.1, 0.15) is 0 Å². The summed E-state index contributed by atoms with van der Waals surface area (Å²) < 4.78 is 38.8. The fourth-order valence-corrected chi connectivity index (χ4v) is 1.25. The summed E-state index contributed by atoms with van der Waals surface area (Å²) in [4.78, 5) is 2.89. The summed E-state index contributed by atoms with van der Waals surface area (Å²) in [7, 11) is -2.67. The number of rotatable bonds is 2. The molecule has 5 nitrogen and oxygen atoms in total. The van der Waals surface area contributed by atoms with E-state index in [9.17, 15) is 12.8 Å². The van der Waals surface area contributed by atoms with E-state index in [1.54, 1.807) is 0 Å². The summed E-state index contributed by atoms with van der Waals surface area (Å²) in [5.41, 5.74) is 0. The molecule has 1 heterocycles. The Hall–Kier alpha value is -1.21. The molecule has 1 aromatic heterocycles. The number of hydrogen-bond donors (Lipinski definition) is 1. The van der Waals surface area contributed by atoms with Crippen molar-refractivity contribution < 1.29 is 17.5 Å². The molecule has 1 rings (SSSR count). The number of nitrogens with zero attached hydrogens (tertiary/aromatic N) is 1. The molecule has 0 radical (unpaired) electrons. The zero-order valence-electron chi connectivity index (χ0n) is 6.69. The first-order chi connectivity index (χ1) is 5.93. The third-order valence-corrected chi connectivity index (χ3v) is 2.17. The molecule has 0 spiro atoms. The molecule has 13 heavy (non-hydrogen) atoms. The van der Waals surface area contributed by atoms with E-state index in [-0.39, 0.29) is 10.8 Å². The number of primary sulfonamides is 1. The van der Waals surface area contributed by atoms with Gasteiger partial charge in [-0.1, -0.05) is 0 Å². The normalized spacial score (nSPS) is 11.3. The van der Waals surface area contributed by atoms with Crippen LogP contribution in [-0.4, -0.2) is 20.5 Å². The zero-order valence-corrected chi connectivity index (χ0v) is 7.51. The molecule has 0 saturated carbocycles. The molecule has 72 valence electrons. The van der Waals surface area contributed by atoms with Crippen LogP contribution < -0.4 is 9.88 Å². The first-order valence-corrected chi connectivity index (χ1v) is 4.72. The Balaban J connectivity index is 3.33. The largest absolute Gasteiger partial charge is 0.481 e. The SMILES string of the molecule is COc1cc(S(N)(=O)=O)cc(F)n1. The van der Waals surface area contributed by atoms with Gasteiger partial charge < -0.3 is 4.74 Å². The van der Waals surface area contributed by atoms with Gasteiger partial charge in [-0.3, -0.25) is 0 Å². The van der Waals surface area contributed by atoms with E-state index < -0.39 is 16.0 Å². The highest BCUT2D eigenvalue weighted by Crippen LogP contribution is 2.14. The third-order valence-electron chi connectivity index (χ3n) is 1.28. The lowest BCUT2D eigenvalue weighted by Crippen LogP contribution is -2.13. The van der Waals surface area contributed by atoms with Crippen LogP contribution in [0.2, 0.25) is 0 Å². The number of aromatic nitrogens is 1. The van der Waals surface area contributed by atoms with Gasteiger partial charge >= 0.3 is 0 Å². The van der Waals surface area contributed by atoms with Gasteiger partial charge in [-0.25, -0.2) is 13.6 Å². The maximum absolute atomic E-state index is 12.6. The highest BCUT2D eigenvalue weighted by molar-refractivity contribution is 7.89. The lowest BCUT2D eigenvalue weighted by Gasteiger charge is -2.01. The quantitative estimate of drug-likeness (QED) is 0.683. The van der Waals surface area contributed by atoms with Gasteiger partial charge in [-0.2, -0.15) is 9.37 Å². The van der Waals surface area contributed by atoms with Crippen molar-refractivity contribution in [3.63, 3.8) is 0 Å². The van der Waals surface area contributed by atoms with E-state index in [2.05, 4.69) is 9.72 Å². The van der Waals surface area contributed by atoms with Crippen molar-refractivity contribution in [1.82, 2.24) is 4.98 Å². The summed E-state index contributed by atoms with van der Waals surface area (Å²) in [6, 6.07) is 1.76. The Kier molecular flexibility index (Phi) is 2.48. The number of methoxy groups -OCH3 is 1. The summed E-state index contributed by atoms with van der Waals surface area (Å²) >= 11 is 0. The molecular weight excluding hydrogens is 199 g/mol. The maximum atomic E-state index is 12.6. The predicted octanol–water partition coefficient (Wildman–Crippen LogP) is -0.123. The maximum Gasteiger partial charge on any atom is 0.238 e. The summed E-state index contributed by atoms with van der Waals surface area (Å²) in [5.74, 6) is -1.09. The van der Waals surface area contributed by atoms with E-state index >= 15 is 0 Å². The van der Waals surface area contributed by atoms with Crippen LogP contribution in [0, 0.1) is 5.95 Å². The second kappa shape index (κ2) is 3.27. The summed E-state index contributed by atoms with van der Waals surface area (Å²) in [6.07, 6.45) is 0. The molecule has 0 bridgehead atoms. The van der Waals surface area contributed by atoms with Gasteiger partial charge in [0.15, 0.2) is 0 Å². The zero-order chi connectivity index (χ0) is 10.1. The Labute approximate surface area is 74.4 Å². The van der Waals surface area contributed by atoms with Crippen LogP contribution >= 0.6 is 0 Å². The van der Waals surface area contributed by atoms with Crippen LogP contribution in [0.1, 0.15) is 0 Å². The van der Waals surface area contributed by atoms with Gasteiger partial charge in [0.2, 0.25) is 21.9 Å². The molecule has 0 unspecified atom stereocenters. The topological polar surface area (TPSA) is 82.3 Å². The number of sulfonamides is 1. The minimum Gasteiger partial charge on any atom is -0.481 e. The van der Waals surface area contributed by atoms with Crippen molar-refractivity contribution in [2.24, 2.45) is 5.14 Å². The fourth-order valence-electron chi connectivity index (χ4n) is 0.719. The molecule has 7 heteroatoms. The van der Waals surface area contributed by atoms with Gasteiger partial charge in [-0.05, 0) is 0 Å². The Morgan fingerprint density at radius 3 is 2.62 bits per heavy atom. The smallest absolute Gasteiger partial charge is 0.238 e. The van der Waals surface area contributed by atoms with Crippen LogP contribution in [0.25, 0.3) is 0 Å². The molecule has 0 aliphatic heterocycles. The number of hydrogen-bond acceptors (Lipinski definition) is 4. The average Bonchev–Trinajstić information content (AvgIpc) is 2.01. The van der Waals surface area contributed by atoms with Gasteiger partial charge in [-0.15, -0.1) is 0 Å². The van der Waals surface area contributed by atoms with Gasteiger partial charge in [0.25, 0.3) is 0 Å². The molecule has 0 fully saturated rings. The van der Waals surface area contributed by atoms with Crippen LogP contribution in [0.3, 0.4) is 0 Å². The number of ether oxygens (including phenoxy) is 1. The molecule has 0 atom stereocenters. The number of pyridine rings is 1. The van der Waals surface area contributed by atoms with Crippen molar-refractivity contribution in [3.8, 4) is 5.88 Å².